The van der Waals surface area contributed by atoms with E-state index in [1.165, 1.54) is 5.56 Å². The van der Waals surface area contributed by atoms with E-state index in [2.05, 4.69) is 37.9 Å². The van der Waals surface area contributed by atoms with Crippen LogP contribution in [0.1, 0.15) is 26.3 Å². The quantitative estimate of drug-likeness (QED) is 0.777. The van der Waals surface area contributed by atoms with Crippen LogP contribution in [0.5, 0.6) is 5.75 Å². The van der Waals surface area contributed by atoms with Gasteiger partial charge in [-0.3, -0.25) is 0 Å². The molecule has 0 saturated heterocycles. The highest BCUT2D eigenvalue weighted by Gasteiger charge is 2.13. The van der Waals surface area contributed by atoms with Gasteiger partial charge in [0.25, 0.3) is 0 Å². The second-order valence-electron chi connectivity index (χ2n) is 7.12. The summed E-state index contributed by atoms with van der Waals surface area (Å²) >= 11 is 0. The number of para-hydroxylation sites is 2. The lowest BCUT2D eigenvalue weighted by atomic mass is 9.87. The van der Waals surface area contributed by atoms with Gasteiger partial charge < -0.3 is 14.4 Å². The van der Waals surface area contributed by atoms with Gasteiger partial charge in [0.1, 0.15) is 18.5 Å². The molecule has 0 saturated carbocycles. The van der Waals surface area contributed by atoms with Crippen LogP contribution in [0.2, 0.25) is 0 Å². The summed E-state index contributed by atoms with van der Waals surface area (Å²) in [4.78, 5) is 4.33. The minimum absolute atomic E-state index is 0.126. The summed E-state index contributed by atoms with van der Waals surface area (Å²) in [5, 5.41) is 10.3. The van der Waals surface area contributed by atoms with E-state index in [1.54, 1.807) is 6.33 Å². The molecule has 0 amide bonds. The van der Waals surface area contributed by atoms with E-state index in [9.17, 15) is 5.11 Å². The highest BCUT2D eigenvalue weighted by atomic mass is 16.5. The number of benzene rings is 2. The number of hydrogen-bond acceptors (Lipinski definition) is 3. The zero-order valence-corrected chi connectivity index (χ0v) is 14.4. The Balaban J connectivity index is 1.58. The Labute approximate surface area is 142 Å². The third-order valence-electron chi connectivity index (χ3n) is 4.10. The molecule has 0 bridgehead atoms. The number of aromatic nitrogens is 2. The maximum Gasteiger partial charge on any atom is 0.119 e. The Morgan fingerprint density at radius 3 is 2.50 bits per heavy atom. The predicted octanol–water partition coefficient (Wildman–Crippen LogP) is 3.77. The van der Waals surface area contributed by atoms with Crippen molar-refractivity contribution in [2.75, 3.05) is 6.61 Å². The summed E-state index contributed by atoms with van der Waals surface area (Å²) in [6.45, 7) is 7.26. The van der Waals surface area contributed by atoms with Crippen LogP contribution in [0.4, 0.5) is 0 Å². The standard InChI is InChI=1S/C20H24N2O2/c1-20(2,3)15-8-10-17(11-9-15)24-13-16(23)12-22-14-21-18-6-4-5-7-19(18)22/h4-11,14,16,23H,12-13H2,1-3H3/t16-/m0/s1. The van der Waals surface area contributed by atoms with Gasteiger partial charge in [0.05, 0.1) is 23.9 Å². The van der Waals surface area contributed by atoms with Gasteiger partial charge in [-0.15, -0.1) is 0 Å². The number of fused-ring (bicyclic) bond motifs is 1. The average molecular weight is 324 g/mol. The molecule has 0 aliphatic carbocycles. The van der Waals surface area contributed by atoms with Crippen molar-refractivity contribution in [3.05, 3.63) is 60.4 Å². The van der Waals surface area contributed by atoms with E-state index < -0.39 is 6.10 Å². The Morgan fingerprint density at radius 1 is 1.08 bits per heavy atom. The summed E-state index contributed by atoms with van der Waals surface area (Å²) in [5.41, 5.74) is 3.34. The van der Waals surface area contributed by atoms with Crippen molar-refractivity contribution in [1.29, 1.82) is 0 Å². The monoisotopic (exact) mass is 324 g/mol. The Kier molecular flexibility index (Phi) is 4.58. The van der Waals surface area contributed by atoms with Crippen molar-refractivity contribution in [1.82, 2.24) is 9.55 Å². The molecule has 2 aromatic carbocycles. The fraction of sp³-hybridized carbons (Fsp3) is 0.350. The third kappa shape index (κ3) is 3.77. The number of ether oxygens (including phenoxy) is 1. The molecule has 4 heteroatoms. The summed E-state index contributed by atoms with van der Waals surface area (Å²) in [6, 6.07) is 16.0. The minimum Gasteiger partial charge on any atom is -0.491 e. The van der Waals surface area contributed by atoms with Crippen LogP contribution in [0, 0.1) is 0 Å². The highest BCUT2D eigenvalue weighted by Crippen LogP contribution is 2.24. The molecule has 0 spiro atoms. The second-order valence-corrected chi connectivity index (χ2v) is 7.12. The first-order chi connectivity index (χ1) is 11.4. The van der Waals surface area contributed by atoms with Gasteiger partial charge in [0, 0.05) is 0 Å². The Bertz CT molecular complexity index is 800. The fourth-order valence-corrected chi connectivity index (χ4v) is 2.68. The second kappa shape index (κ2) is 6.65. The number of rotatable bonds is 5. The van der Waals surface area contributed by atoms with Gasteiger partial charge in [-0.2, -0.15) is 0 Å². The van der Waals surface area contributed by atoms with Crippen molar-refractivity contribution in [2.45, 2.75) is 38.8 Å². The zero-order chi connectivity index (χ0) is 17.2. The van der Waals surface area contributed by atoms with Gasteiger partial charge in [-0.05, 0) is 35.2 Å². The van der Waals surface area contributed by atoms with Crippen molar-refractivity contribution < 1.29 is 9.84 Å². The summed E-state index contributed by atoms with van der Waals surface area (Å²) in [5.74, 6) is 0.775. The lowest BCUT2D eigenvalue weighted by Gasteiger charge is -2.19. The Hall–Kier alpha value is -2.33. The van der Waals surface area contributed by atoms with Crippen LogP contribution >= 0.6 is 0 Å². The zero-order valence-electron chi connectivity index (χ0n) is 14.4. The van der Waals surface area contributed by atoms with Gasteiger partial charge in [-0.1, -0.05) is 45.0 Å². The third-order valence-corrected chi connectivity index (χ3v) is 4.10. The van der Waals surface area contributed by atoms with Gasteiger partial charge in [0.15, 0.2) is 0 Å². The largest absolute Gasteiger partial charge is 0.491 e. The smallest absolute Gasteiger partial charge is 0.119 e. The van der Waals surface area contributed by atoms with Crippen LogP contribution in [0.15, 0.2) is 54.9 Å². The highest BCUT2D eigenvalue weighted by molar-refractivity contribution is 5.74. The van der Waals surface area contributed by atoms with Crippen molar-refractivity contribution in [3.63, 3.8) is 0 Å². The topological polar surface area (TPSA) is 47.3 Å². The molecule has 0 aliphatic rings. The number of aliphatic hydroxyl groups is 1. The number of aliphatic hydroxyl groups excluding tert-OH is 1. The number of hydrogen-bond donors (Lipinski definition) is 1. The molecule has 24 heavy (non-hydrogen) atoms. The van der Waals surface area contributed by atoms with E-state index in [1.807, 2.05) is 41.0 Å². The van der Waals surface area contributed by atoms with Crippen molar-refractivity contribution >= 4 is 11.0 Å². The molecular formula is C20H24N2O2. The molecule has 0 aliphatic heterocycles. The van der Waals surface area contributed by atoms with Crippen LogP contribution < -0.4 is 4.74 Å². The van der Waals surface area contributed by atoms with Gasteiger partial charge in [0.2, 0.25) is 0 Å². The minimum atomic E-state index is -0.593. The maximum atomic E-state index is 10.3. The van der Waals surface area contributed by atoms with Gasteiger partial charge >= 0.3 is 0 Å². The molecule has 1 heterocycles. The van der Waals surface area contributed by atoms with Crippen molar-refractivity contribution in [2.24, 2.45) is 0 Å². The van der Waals surface area contributed by atoms with E-state index in [4.69, 9.17) is 4.74 Å². The molecule has 3 aromatic rings. The van der Waals surface area contributed by atoms with E-state index >= 15 is 0 Å². The van der Waals surface area contributed by atoms with Crippen LogP contribution in [0.25, 0.3) is 11.0 Å². The first-order valence-corrected chi connectivity index (χ1v) is 8.25. The molecule has 0 fully saturated rings. The maximum absolute atomic E-state index is 10.3. The first-order valence-electron chi connectivity index (χ1n) is 8.25. The molecule has 1 N–H and O–H groups in total. The van der Waals surface area contributed by atoms with Crippen molar-refractivity contribution in [3.8, 4) is 5.75 Å². The van der Waals surface area contributed by atoms with Gasteiger partial charge in [-0.25, -0.2) is 4.98 Å². The Morgan fingerprint density at radius 2 is 1.79 bits per heavy atom. The molecule has 0 radical (unpaired) electrons. The average Bonchev–Trinajstić information content (AvgIpc) is 2.96. The number of imidazole rings is 1. The summed E-state index contributed by atoms with van der Waals surface area (Å²) < 4.78 is 7.66. The molecule has 126 valence electrons. The van der Waals surface area contributed by atoms with E-state index in [-0.39, 0.29) is 12.0 Å². The predicted molar refractivity (Wildman–Crippen MR) is 96.4 cm³/mol. The molecule has 0 unspecified atom stereocenters. The molecule has 1 aromatic heterocycles. The van der Waals surface area contributed by atoms with Crippen LogP contribution in [-0.4, -0.2) is 27.4 Å². The summed E-state index contributed by atoms with van der Waals surface area (Å²) in [7, 11) is 0. The molecule has 1 atom stereocenters. The number of nitrogens with zero attached hydrogens (tertiary/aromatic N) is 2. The lowest BCUT2D eigenvalue weighted by Crippen LogP contribution is -2.23. The summed E-state index contributed by atoms with van der Waals surface area (Å²) in [6.07, 6.45) is 1.16. The first kappa shape index (κ1) is 16.5. The van der Waals surface area contributed by atoms with E-state index in [0.717, 1.165) is 16.8 Å². The van der Waals surface area contributed by atoms with Crippen LogP contribution in [0.3, 0.4) is 0 Å². The SMILES string of the molecule is CC(C)(C)c1ccc(OC[C@@H](O)Cn2cnc3ccccc32)cc1. The molecule has 4 nitrogen and oxygen atoms in total. The fourth-order valence-electron chi connectivity index (χ4n) is 2.68. The molecular weight excluding hydrogens is 300 g/mol. The molecule has 3 rings (SSSR count). The normalized spacial score (nSPS) is 13.2. The lowest BCUT2D eigenvalue weighted by molar-refractivity contribution is 0.0934. The van der Waals surface area contributed by atoms with Crippen LogP contribution in [-0.2, 0) is 12.0 Å². The van der Waals surface area contributed by atoms with E-state index in [0.29, 0.717) is 6.54 Å².